The number of nitrogens with zero attached hydrogens (tertiary/aromatic N) is 1. The maximum atomic E-state index is 11.7. The molecule has 1 aliphatic rings. The molecular formula is C11H13ClN2OS. The van der Waals surface area contributed by atoms with E-state index < -0.39 is 0 Å². The van der Waals surface area contributed by atoms with E-state index in [1.807, 2.05) is 13.1 Å². The summed E-state index contributed by atoms with van der Waals surface area (Å²) in [6.07, 6.45) is 0.877. The average molecular weight is 257 g/mol. The Morgan fingerprint density at radius 2 is 2.31 bits per heavy atom. The number of hydrogen-bond acceptors (Lipinski definition) is 3. The highest BCUT2D eigenvalue weighted by molar-refractivity contribution is 8.00. The molecule has 0 aliphatic carbocycles. The van der Waals surface area contributed by atoms with E-state index in [0.29, 0.717) is 10.7 Å². The van der Waals surface area contributed by atoms with Gasteiger partial charge in [-0.2, -0.15) is 0 Å². The van der Waals surface area contributed by atoms with Crippen molar-refractivity contribution in [2.75, 3.05) is 19.3 Å². The second-order valence-corrected chi connectivity index (χ2v) is 5.52. The van der Waals surface area contributed by atoms with E-state index in [1.54, 1.807) is 17.0 Å². The Balaban J connectivity index is 2.12. The highest BCUT2D eigenvalue weighted by Crippen LogP contribution is 2.34. The smallest absolute Gasteiger partial charge is 0.235 e. The SMILES string of the molecule is CN1CC[C@@H](Sc2ccc(Cl)cc2N)C1=O. The summed E-state index contributed by atoms with van der Waals surface area (Å²) in [5.41, 5.74) is 6.49. The van der Waals surface area contributed by atoms with E-state index in [2.05, 4.69) is 0 Å². The third-order valence-electron chi connectivity index (χ3n) is 2.62. The number of carbonyl (C=O) groups is 1. The third kappa shape index (κ3) is 2.28. The van der Waals surface area contributed by atoms with Crippen molar-refractivity contribution in [1.82, 2.24) is 4.90 Å². The summed E-state index contributed by atoms with van der Waals surface area (Å²) in [5, 5.41) is 0.616. The number of rotatable bonds is 2. The van der Waals surface area contributed by atoms with E-state index in [4.69, 9.17) is 17.3 Å². The number of halogens is 1. The van der Waals surface area contributed by atoms with Crippen LogP contribution in [0.5, 0.6) is 0 Å². The first-order valence-electron chi connectivity index (χ1n) is 5.04. The summed E-state index contributed by atoms with van der Waals surface area (Å²) in [5.74, 6) is 0.180. The molecule has 2 rings (SSSR count). The Kier molecular flexibility index (Phi) is 3.30. The van der Waals surface area contributed by atoms with Crippen LogP contribution in [0.25, 0.3) is 0 Å². The minimum absolute atomic E-state index is 0.00604. The summed E-state index contributed by atoms with van der Waals surface area (Å²) in [6, 6.07) is 5.38. The zero-order valence-electron chi connectivity index (χ0n) is 8.94. The van der Waals surface area contributed by atoms with Crippen LogP contribution in [0.3, 0.4) is 0 Å². The molecule has 1 aromatic rings. The van der Waals surface area contributed by atoms with Crippen LogP contribution < -0.4 is 5.73 Å². The monoisotopic (exact) mass is 256 g/mol. The van der Waals surface area contributed by atoms with Gasteiger partial charge in [0.25, 0.3) is 0 Å². The molecule has 5 heteroatoms. The van der Waals surface area contributed by atoms with Gasteiger partial charge in [0.05, 0.1) is 5.25 Å². The van der Waals surface area contributed by atoms with Gasteiger partial charge < -0.3 is 10.6 Å². The lowest BCUT2D eigenvalue weighted by atomic mass is 10.3. The fourth-order valence-electron chi connectivity index (χ4n) is 1.68. The number of nitrogens with two attached hydrogens (primary N) is 1. The van der Waals surface area contributed by atoms with Crippen LogP contribution in [0.4, 0.5) is 5.69 Å². The van der Waals surface area contributed by atoms with Crippen molar-refractivity contribution in [2.24, 2.45) is 0 Å². The molecule has 1 aromatic carbocycles. The molecule has 1 atom stereocenters. The van der Waals surface area contributed by atoms with E-state index in [0.717, 1.165) is 17.9 Å². The Morgan fingerprint density at radius 1 is 1.56 bits per heavy atom. The zero-order chi connectivity index (χ0) is 11.7. The van der Waals surface area contributed by atoms with Crippen molar-refractivity contribution >= 4 is 35.0 Å². The quantitative estimate of drug-likeness (QED) is 0.826. The van der Waals surface area contributed by atoms with Gasteiger partial charge in [0, 0.05) is 29.2 Å². The Morgan fingerprint density at radius 3 is 2.88 bits per heavy atom. The zero-order valence-corrected chi connectivity index (χ0v) is 10.5. The molecule has 0 spiro atoms. The lowest BCUT2D eigenvalue weighted by Gasteiger charge is -2.11. The third-order valence-corrected chi connectivity index (χ3v) is 4.20. The molecule has 3 nitrogen and oxygen atoms in total. The number of nitrogen functional groups attached to an aromatic ring is 1. The van der Waals surface area contributed by atoms with Crippen LogP contribution in [0.1, 0.15) is 6.42 Å². The molecular weight excluding hydrogens is 244 g/mol. The molecule has 1 aliphatic heterocycles. The number of hydrogen-bond donors (Lipinski definition) is 1. The number of thioether (sulfide) groups is 1. The Labute approximate surface area is 104 Å². The first-order valence-corrected chi connectivity index (χ1v) is 6.30. The highest BCUT2D eigenvalue weighted by atomic mass is 35.5. The van der Waals surface area contributed by atoms with Crippen molar-refractivity contribution in [2.45, 2.75) is 16.6 Å². The van der Waals surface area contributed by atoms with Gasteiger partial charge in [-0.1, -0.05) is 11.6 Å². The summed E-state index contributed by atoms with van der Waals surface area (Å²) in [4.78, 5) is 14.4. The molecule has 0 aromatic heterocycles. The van der Waals surface area contributed by atoms with Crippen molar-refractivity contribution in [1.29, 1.82) is 0 Å². The van der Waals surface area contributed by atoms with E-state index in [-0.39, 0.29) is 11.2 Å². The molecule has 0 bridgehead atoms. The normalized spacial score (nSPS) is 20.5. The second-order valence-electron chi connectivity index (χ2n) is 3.84. The van der Waals surface area contributed by atoms with Gasteiger partial charge in [0.1, 0.15) is 0 Å². The molecule has 0 unspecified atom stereocenters. The maximum Gasteiger partial charge on any atom is 0.235 e. The minimum Gasteiger partial charge on any atom is -0.398 e. The summed E-state index contributed by atoms with van der Waals surface area (Å²) in [6.45, 7) is 0.823. The summed E-state index contributed by atoms with van der Waals surface area (Å²) in [7, 11) is 1.83. The van der Waals surface area contributed by atoms with Crippen LogP contribution in [0.15, 0.2) is 23.1 Å². The molecule has 1 saturated heterocycles. The van der Waals surface area contributed by atoms with Gasteiger partial charge in [-0.25, -0.2) is 0 Å². The molecule has 1 heterocycles. The molecule has 16 heavy (non-hydrogen) atoms. The Hall–Kier alpha value is -0.870. The number of benzene rings is 1. The summed E-state index contributed by atoms with van der Waals surface area (Å²) >= 11 is 7.34. The fraction of sp³-hybridized carbons (Fsp3) is 0.364. The van der Waals surface area contributed by atoms with E-state index in [1.165, 1.54) is 11.8 Å². The van der Waals surface area contributed by atoms with Crippen LogP contribution in [-0.4, -0.2) is 29.6 Å². The fourth-order valence-corrected chi connectivity index (χ4v) is 3.01. The number of amides is 1. The van der Waals surface area contributed by atoms with Crippen molar-refractivity contribution in [3.8, 4) is 0 Å². The summed E-state index contributed by atoms with van der Waals surface area (Å²) < 4.78 is 0. The lowest BCUT2D eigenvalue weighted by molar-refractivity contribution is -0.126. The Bertz CT molecular complexity index is 424. The first kappa shape index (κ1) is 11.6. The van der Waals surface area contributed by atoms with Crippen molar-refractivity contribution < 1.29 is 4.79 Å². The van der Waals surface area contributed by atoms with Gasteiger partial charge in [-0.15, -0.1) is 11.8 Å². The standard InChI is InChI=1S/C11H13ClN2OS/c1-14-5-4-10(11(14)15)16-9-3-2-7(12)6-8(9)13/h2-3,6,10H,4-5,13H2,1H3/t10-/m1/s1. The van der Waals surface area contributed by atoms with E-state index in [9.17, 15) is 4.79 Å². The van der Waals surface area contributed by atoms with Gasteiger partial charge in [-0.3, -0.25) is 4.79 Å². The average Bonchev–Trinajstić information content (AvgIpc) is 2.54. The van der Waals surface area contributed by atoms with Crippen LogP contribution in [0.2, 0.25) is 5.02 Å². The maximum absolute atomic E-state index is 11.7. The topological polar surface area (TPSA) is 46.3 Å². The largest absolute Gasteiger partial charge is 0.398 e. The van der Waals surface area contributed by atoms with Crippen LogP contribution in [0, 0.1) is 0 Å². The molecule has 2 N–H and O–H groups in total. The van der Waals surface area contributed by atoms with Crippen molar-refractivity contribution in [3.05, 3.63) is 23.2 Å². The predicted molar refractivity (Wildman–Crippen MR) is 67.8 cm³/mol. The van der Waals surface area contributed by atoms with Crippen LogP contribution >= 0.6 is 23.4 Å². The van der Waals surface area contributed by atoms with Crippen molar-refractivity contribution in [3.63, 3.8) is 0 Å². The van der Waals surface area contributed by atoms with Gasteiger partial charge in [0.2, 0.25) is 5.91 Å². The molecule has 86 valence electrons. The van der Waals surface area contributed by atoms with Crippen LogP contribution in [-0.2, 0) is 4.79 Å². The van der Waals surface area contributed by atoms with Gasteiger partial charge in [0.15, 0.2) is 0 Å². The molecule has 0 saturated carbocycles. The predicted octanol–water partition coefficient (Wildman–Crippen LogP) is 2.24. The number of anilines is 1. The molecule has 1 amide bonds. The minimum atomic E-state index is -0.00604. The molecule has 0 radical (unpaired) electrons. The number of likely N-dealkylation sites (tertiary alicyclic amines) is 1. The van der Waals surface area contributed by atoms with E-state index >= 15 is 0 Å². The van der Waals surface area contributed by atoms with Gasteiger partial charge >= 0.3 is 0 Å². The first-order chi connectivity index (χ1) is 7.58. The van der Waals surface area contributed by atoms with Gasteiger partial charge in [-0.05, 0) is 24.6 Å². The second kappa shape index (κ2) is 4.55. The number of carbonyl (C=O) groups excluding carboxylic acids is 1. The molecule has 1 fully saturated rings. The lowest BCUT2D eigenvalue weighted by Crippen LogP contribution is -2.23. The highest BCUT2D eigenvalue weighted by Gasteiger charge is 2.30.